The maximum absolute atomic E-state index is 13.0. The molecule has 0 radical (unpaired) electrons. The van der Waals surface area contributed by atoms with E-state index < -0.39 is 6.10 Å². The number of halogens is 3. The molecule has 2 aromatic carbocycles. The second-order valence-electron chi connectivity index (χ2n) is 4.42. The topological polar surface area (TPSA) is 41.5 Å². The van der Waals surface area contributed by atoms with E-state index in [1.165, 1.54) is 12.1 Å². The van der Waals surface area contributed by atoms with Crippen molar-refractivity contribution in [2.75, 3.05) is 18.5 Å². The molecule has 0 bridgehead atoms. The second-order valence-corrected chi connectivity index (χ2v) is 6.02. The molecule has 6 heteroatoms. The highest BCUT2D eigenvalue weighted by molar-refractivity contribution is 14.1. The fraction of sp³-hybridized carbons (Fsp3) is 0.200. The van der Waals surface area contributed by atoms with Gasteiger partial charge in [-0.15, -0.1) is 0 Å². The molecule has 0 fully saturated rings. The quantitative estimate of drug-likeness (QED) is 0.695. The summed E-state index contributed by atoms with van der Waals surface area (Å²) in [5.74, 6) is 0.367. The lowest BCUT2D eigenvalue weighted by molar-refractivity contribution is 0.117. The Hall–Kier alpha value is -1.05. The zero-order chi connectivity index (χ0) is 15.2. The van der Waals surface area contributed by atoms with Crippen LogP contribution in [-0.2, 0) is 0 Å². The fourth-order valence-electron chi connectivity index (χ4n) is 1.64. The predicted molar refractivity (Wildman–Crippen MR) is 90.6 cm³/mol. The SMILES string of the molecule is OC(CNc1ccc(F)cc1I)COc1ccc(Cl)cc1. The highest BCUT2D eigenvalue weighted by Gasteiger charge is 2.07. The molecule has 0 aliphatic carbocycles. The summed E-state index contributed by atoms with van der Waals surface area (Å²) in [7, 11) is 0. The molecule has 0 aliphatic heterocycles. The Kier molecular flexibility index (Phi) is 6.08. The number of aliphatic hydroxyl groups excluding tert-OH is 1. The van der Waals surface area contributed by atoms with E-state index in [-0.39, 0.29) is 12.4 Å². The summed E-state index contributed by atoms with van der Waals surface area (Å²) in [6.45, 7) is 0.474. The van der Waals surface area contributed by atoms with E-state index in [9.17, 15) is 9.50 Å². The van der Waals surface area contributed by atoms with Crippen LogP contribution < -0.4 is 10.1 Å². The van der Waals surface area contributed by atoms with Gasteiger partial charge < -0.3 is 15.2 Å². The normalized spacial score (nSPS) is 12.0. The van der Waals surface area contributed by atoms with Gasteiger partial charge in [-0.1, -0.05) is 11.6 Å². The average Bonchev–Trinajstić information content (AvgIpc) is 2.46. The van der Waals surface area contributed by atoms with Crippen molar-refractivity contribution < 1.29 is 14.2 Å². The molecule has 21 heavy (non-hydrogen) atoms. The molecule has 1 atom stereocenters. The summed E-state index contributed by atoms with van der Waals surface area (Å²) in [5.41, 5.74) is 0.780. The van der Waals surface area contributed by atoms with Crippen LogP contribution in [0, 0.1) is 9.39 Å². The smallest absolute Gasteiger partial charge is 0.124 e. The maximum atomic E-state index is 13.0. The van der Waals surface area contributed by atoms with Crippen LogP contribution in [0.4, 0.5) is 10.1 Å². The van der Waals surface area contributed by atoms with E-state index in [1.807, 2.05) is 22.6 Å². The van der Waals surface area contributed by atoms with Crippen LogP contribution in [0.1, 0.15) is 0 Å². The van der Waals surface area contributed by atoms with Gasteiger partial charge in [-0.2, -0.15) is 0 Å². The summed E-state index contributed by atoms with van der Waals surface area (Å²) < 4.78 is 19.2. The Morgan fingerprint density at radius 2 is 1.95 bits per heavy atom. The third kappa shape index (κ3) is 5.33. The highest BCUT2D eigenvalue weighted by Crippen LogP contribution is 2.19. The molecule has 0 aromatic heterocycles. The van der Waals surface area contributed by atoms with Crippen LogP contribution in [0.2, 0.25) is 5.02 Å². The predicted octanol–water partition coefficient (Wildman–Crippen LogP) is 3.94. The minimum Gasteiger partial charge on any atom is -0.491 e. The average molecular weight is 422 g/mol. The summed E-state index contributed by atoms with van der Waals surface area (Å²) >= 11 is 7.81. The number of hydrogen-bond acceptors (Lipinski definition) is 3. The van der Waals surface area contributed by atoms with Crippen LogP contribution in [0.15, 0.2) is 42.5 Å². The van der Waals surface area contributed by atoms with E-state index in [1.54, 1.807) is 30.3 Å². The molecular weight excluding hydrogens is 408 g/mol. The molecule has 0 amide bonds. The maximum Gasteiger partial charge on any atom is 0.124 e. The summed E-state index contributed by atoms with van der Waals surface area (Å²) in [4.78, 5) is 0. The largest absolute Gasteiger partial charge is 0.491 e. The molecular formula is C15H14ClFINO2. The van der Waals surface area contributed by atoms with Gasteiger partial charge in [0.05, 0.1) is 0 Å². The van der Waals surface area contributed by atoms with Crippen molar-refractivity contribution in [2.24, 2.45) is 0 Å². The van der Waals surface area contributed by atoms with Gasteiger partial charge in [0.25, 0.3) is 0 Å². The minimum absolute atomic E-state index is 0.159. The molecule has 0 spiro atoms. The third-order valence-electron chi connectivity index (χ3n) is 2.72. The van der Waals surface area contributed by atoms with Crippen molar-refractivity contribution >= 4 is 39.9 Å². The van der Waals surface area contributed by atoms with Gasteiger partial charge >= 0.3 is 0 Å². The van der Waals surface area contributed by atoms with Crippen LogP contribution >= 0.6 is 34.2 Å². The summed E-state index contributed by atoms with van der Waals surface area (Å²) in [6.07, 6.45) is -0.679. The number of hydrogen-bond donors (Lipinski definition) is 2. The molecule has 3 nitrogen and oxygen atoms in total. The number of ether oxygens (including phenoxy) is 1. The van der Waals surface area contributed by atoms with Gasteiger partial charge in [-0.25, -0.2) is 4.39 Å². The minimum atomic E-state index is -0.679. The number of nitrogens with one attached hydrogen (secondary N) is 1. The molecule has 0 saturated heterocycles. The lowest BCUT2D eigenvalue weighted by Gasteiger charge is -2.15. The Balaban J connectivity index is 1.79. The van der Waals surface area contributed by atoms with Crippen LogP contribution in [0.5, 0.6) is 5.75 Å². The van der Waals surface area contributed by atoms with E-state index >= 15 is 0 Å². The number of anilines is 1. The Bertz CT molecular complexity index is 595. The molecule has 1 unspecified atom stereocenters. The van der Waals surface area contributed by atoms with Gasteiger partial charge in [-0.3, -0.25) is 0 Å². The third-order valence-corrected chi connectivity index (χ3v) is 3.86. The van der Waals surface area contributed by atoms with Crippen molar-refractivity contribution in [3.8, 4) is 5.75 Å². The van der Waals surface area contributed by atoms with Gasteiger partial charge in [0.2, 0.25) is 0 Å². The molecule has 112 valence electrons. The van der Waals surface area contributed by atoms with E-state index in [0.29, 0.717) is 17.3 Å². The Morgan fingerprint density at radius 3 is 2.62 bits per heavy atom. The van der Waals surface area contributed by atoms with Gasteiger partial charge in [0.1, 0.15) is 24.3 Å². The van der Waals surface area contributed by atoms with E-state index in [4.69, 9.17) is 16.3 Å². The molecule has 2 rings (SSSR count). The van der Waals surface area contributed by atoms with E-state index in [2.05, 4.69) is 5.32 Å². The molecule has 0 heterocycles. The van der Waals surface area contributed by atoms with Crippen molar-refractivity contribution in [1.82, 2.24) is 0 Å². The van der Waals surface area contributed by atoms with Crippen molar-refractivity contribution in [3.63, 3.8) is 0 Å². The standard InChI is InChI=1S/C15H14ClFINO2/c16-10-1-4-13(5-2-10)21-9-12(20)8-19-15-6-3-11(17)7-14(15)18/h1-7,12,19-20H,8-9H2. The second kappa shape index (κ2) is 7.82. The lowest BCUT2D eigenvalue weighted by Crippen LogP contribution is -2.26. The number of benzene rings is 2. The zero-order valence-electron chi connectivity index (χ0n) is 11.0. The van der Waals surface area contributed by atoms with Gasteiger partial charge in [0, 0.05) is 20.8 Å². The first kappa shape index (κ1) is 16.3. The first-order valence-electron chi connectivity index (χ1n) is 6.30. The zero-order valence-corrected chi connectivity index (χ0v) is 13.9. The number of rotatable bonds is 6. The first-order valence-corrected chi connectivity index (χ1v) is 7.75. The number of aliphatic hydroxyl groups is 1. The summed E-state index contributed by atoms with van der Waals surface area (Å²) in [6, 6.07) is 11.4. The molecule has 0 saturated carbocycles. The lowest BCUT2D eigenvalue weighted by atomic mass is 10.3. The van der Waals surface area contributed by atoms with Crippen molar-refractivity contribution in [2.45, 2.75) is 6.10 Å². The summed E-state index contributed by atoms with van der Waals surface area (Å²) in [5, 5.41) is 13.6. The van der Waals surface area contributed by atoms with Gasteiger partial charge in [0.15, 0.2) is 0 Å². The Labute approximate surface area is 141 Å². The van der Waals surface area contributed by atoms with Crippen LogP contribution in [0.3, 0.4) is 0 Å². The molecule has 0 aliphatic rings. The Morgan fingerprint density at radius 1 is 1.24 bits per heavy atom. The van der Waals surface area contributed by atoms with Crippen molar-refractivity contribution in [3.05, 3.63) is 56.9 Å². The van der Waals surface area contributed by atoms with E-state index in [0.717, 1.165) is 9.26 Å². The molecule has 2 N–H and O–H groups in total. The van der Waals surface area contributed by atoms with Crippen LogP contribution in [0.25, 0.3) is 0 Å². The van der Waals surface area contributed by atoms with Crippen molar-refractivity contribution in [1.29, 1.82) is 0 Å². The fourth-order valence-corrected chi connectivity index (χ4v) is 2.44. The first-order chi connectivity index (χ1) is 10.0. The monoisotopic (exact) mass is 421 g/mol. The van der Waals surface area contributed by atoms with Gasteiger partial charge in [-0.05, 0) is 65.1 Å². The highest BCUT2D eigenvalue weighted by atomic mass is 127. The molecule has 2 aromatic rings. The van der Waals surface area contributed by atoms with Crippen LogP contribution in [-0.4, -0.2) is 24.4 Å².